The number of hydrogen-bond acceptors (Lipinski definition) is 7. The van der Waals surface area contributed by atoms with Crippen molar-refractivity contribution in [1.29, 1.82) is 0 Å². The van der Waals surface area contributed by atoms with E-state index < -0.39 is 17.9 Å². The van der Waals surface area contributed by atoms with Crippen molar-refractivity contribution < 1.29 is 27.9 Å². The van der Waals surface area contributed by atoms with E-state index in [0.29, 0.717) is 28.4 Å². The zero-order valence-corrected chi connectivity index (χ0v) is 18.1. The third kappa shape index (κ3) is 4.63. The number of nitrogens with one attached hydrogen (secondary N) is 1. The molecule has 3 rings (SSSR count). The van der Waals surface area contributed by atoms with Crippen LogP contribution < -0.4 is 15.5 Å². The standard InChI is InChI=1S/C23H25NO7/c1-12(2)19(23(27)29-5)24-18(26)11-16-20(14-6-8-15(28-4)9-7-14)31-22-17(25)10-13(3)30-21(16)22/h6-10,12,19H,11H2,1-5H3,(H,24,26). The number of furan rings is 1. The second-order valence-electron chi connectivity index (χ2n) is 7.51. The number of fused-ring (bicyclic) bond motifs is 1. The first-order chi connectivity index (χ1) is 14.7. The predicted octanol–water partition coefficient (Wildman–Crippen LogP) is 3.23. The van der Waals surface area contributed by atoms with Gasteiger partial charge in [-0.1, -0.05) is 13.8 Å². The summed E-state index contributed by atoms with van der Waals surface area (Å²) in [4.78, 5) is 37.3. The minimum Gasteiger partial charge on any atom is -0.497 e. The second-order valence-corrected chi connectivity index (χ2v) is 7.51. The van der Waals surface area contributed by atoms with E-state index in [1.807, 2.05) is 0 Å². The van der Waals surface area contributed by atoms with Crippen LogP contribution in [-0.4, -0.2) is 32.1 Å². The molecule has 0 bridgehead atoms. The molecule has 8 heteroatoms. The number of amides is 1. The van der Waals surface area contributed by atoms with Crippen molar-refractivity contribution in [2.45, 2.75) is 33.2 Å². The fourth-order valence-corrected chi connectivity index (χ4v) is 3.31. The number of esters is 1. The van der Waals surface area contributed by atoms with Gasteiger partial charge in [-0.2, -0.15) is 0 Å². The molecule has 0 aliphatic carbocycles. The summed E-state index contributed by atoms with van der Waals surface area (Å²) < 4.78 is 21.6. The largest absolute Gasteiger partial charge is 0.497 e. The third-order valence-electron chi connectivity index (χ3n) is 4.91. The molecule has 0 radical (unpaired) electrons. The van der Waals surface area contributed by atoms with E-state index in [0.717, 1.165) is 0 Å². The number of carbonyl (C=O) groups is 2. The Bertz CT molecular complexity index is 1160. The maximum atomic E-state index is 12.8. The average Bonchev–Trinajstić information content (AvgIpc) is 3.09. The predicted molar refractivity (Wildman–Crippen MR) is 114 cm³/mol. The van der Waals surface area contributed by atoms with E-state index >= 15 is 0 Å². The molecule has 2 heterocycles. The maximum Gasteiger partial charge on any atom is 0.328 e. The molecule has 31 heavy (non-hydrogen) atoms. The number of methoxy groups -OCH3 is 2. The normalized spacial score (nSPS) is 12.1. The van der Waals surface area contributed by atoms with Gasteiger partial charge < -0.3 is 23.6 Å². The van der Waals surface area contributed by atoms with Gasteiger partial charge in [-0.15, -0.1) is 0 Å². The smallest absolute Gasteiger partial charge is 0.328 e. The zero-order valence-electron chi connectivity index (χ0n) is 18.1. The van der Waals surface area contributed by atoms with Crippen LogP contribution in [0.1, 0.15) is 25.2 Å². The van der Waals surface area contributed by atoms with Crippen LogP contribution >= 0.6 is 0 Å². The zero-order chi connectivity index (χ0) is 22.7. The van der Waals surface area contributed by atoms with Crippen molar-refractivity contribution in [3.05, 3.63) is 51.9 Å². The van der Waals surface area contributed by atoms with Crippen molar-refractivity contribution in [2.24, 2.45) is 5.92 Å². The highest BCUT2D eigenvalue weighted by Gasteiger charge is 2.28. The number of benzene rings is 1. The van der Waals surface area contributed by atoms with E-state index in [4.69, 9.17) is 18.3 Å². The Morgan fingerprint density at radius 1 is 1.06 bits per heavy atom. The first-order valence-electron chi connectivity index (χ1n) is 9.82. The van der Waals surface area contributed by atoms with Gasteiger partial charge in [0.1, 0.15) is 23.3 Å². The Kier molecular flexibility index (Phi) is 6.48. The number of ether oxygens (including phenoxy) is 2. The van der Waals surface area contributed by atoms with Gasteiger partial charge in [0.25, 0.3) is 0 Å². The molecule has 1 aromatic carbocycles. The minimum absolute atomic E-state index is 0.0348. The molecule has 8 nitrogen and oxygen atoms in total. The van der Waals surface area contributed by atoms with Crippen LogP contribution in [0, 0.1) is 12.8 Å². The van der Waals surface area contributed by atoms with E-state index in [-0.39, 0.29) is 28.9 Å². The number of rotatable bonds is 7. The van der Waals surface area contributed by atoms with Crippen LogP contribution in [0.15, 0.2) is 44.0 Å². The molecule has 0 saturated carbocycles. The van der Waals surface area contributed by atoms with Gasteiger partial charge in [-0.05, 0) is 37.1 Å². The molecule has 0 fully saturated rings. The third-order valence-corrected chi connectivity index (χ3v) is 4.91. The molecule has 0 aliphatic rings. The lowest BCUT2D eigenvalue weighted by Crippen LogP contribution is -2.45. The highest BCUT2D eigenvalue weighted by atomic mass is 16.5. The molecule has 1 amide bonds. The van der Waals surface area contributed by atoms with Crippen LogP contribution in [0.3, 0.4) is 0 Å². The molecule has 1 unspecified atom stereocenters. The van der Waals surface area contributed by atoms with Crippen LogP contribution in [0.5, 0.6) is 5.75 Å². The Morgan fingerprint density at radius 2 is 1.74 bits per heavy atom. The van der Waals surface area contributed by atoms with Crippen LogP contribution in [0.25, 0.3) is 22.5 Å². The van der Waals surface area contributed by atoms with Crippen molar-refractivity contribution in [3.63, 3.8) is 0 Å². The summed E-state index contributed by atoms with van der Waals surface area (Å²) in [5.74, 6) is 0.277. The summed E-state index contributed by atoms with van der Waals surface area (Å²) in [6, 6.07) is 7.56. The summed E-state index contributed by atoms with van der Waals surface area (Å²) in [7, 11) is 2.83. The number of aryl methyl sites for hydroxylation is 1. The lowest BCUT2D eigenvalue weighted by Gasteiger charge is -2.19. The monoisotopic (exact) mass is 427 g/mol. The quantitative estimate of drug-likeness (QED) is 0.577. The molecular weight excluding hydrogens is 402 g/mol. The van der Waals surface area contributed by atoms with Crippen LogP contribution in [-0.2, 0) is 20.7 Å². The number of hydrogen-bond donors (Lipinski definition) is 1. The SMILES string of the molecule is COC(=O)C(NC(=O)Cc1c(-c2ccc(OC)cc2)oc2c(=O)cc(C)oc12)C(C)C. The van der Waals surface area contributed by atoms with E-state index in [1.165, 1.54) is 13.2 Å². The van der Waals surface area contributed by atoms with Gasteiger partial charge in [0.2, 0.25) is 16.9 Å². The Labute approximate surface area is 179 Å². The fraction of sp³-hybridized carbons (Fsp3) is 0.348. The summed E-state index contributed by atoms with van der Waals surface area (Å²) in [5, 5.41) is 2.70. The lowest BCUT2D eigenvalue weighted by atomic mass is 10.0. The number of carbonyl (C=O) groups excluding carboxylic acids is 2. The van der Waals surface area contributed by atoms with Gasteiger partial charge in [0.15, 0.2) is 5.58 Å². The van der Waals surface area contributed by atoms with Gasteiger partial charge >= 0.3 is 5.97 Å². The molecule has 0 aliphatic heterocycles. The summed E-state index contributed by atoms with van der Waals surface area (Å²) in [5.41, 5.74) is 0.985. The van der Waals surface area contributed by atoms with E-state index in [9.17, 15) is 14.4 Å². The van der Waals surface area contributed by atoms with Gasteiger partial charge in [0.05, 0.1) is 26.2 Å². The van der Waals surface area contributed by atoms with E-state index in [2.05, 4.69) is 5.32 Å². The maximum absolute atomic E-state index is 12.8. The highest BCUT2D eigenvalue weighted by Crippen LogP contribution is 2.34. The van der Waals surface area contributed by atoms with Gasteiger partial charge in [-0.25, -0.2) is 4.79 Å². The molecule has 0 spiro atoms. The molecule has 2 aromatic heterocycles. The Morgan fingerprint density at radius 3 is 2.32 bits per heavy atom. The van der Waals surface area contributed by atoms with Gasteiger partial charge in [0, 0.05) is 11.6 Å². The molecule has 1 N–H and O–H groups in total. The topological polar surface area (TPSA) is 108 Å². The molecule has 0 saturated heterocycles. The van der Waals surface area contributed by atoms with Gasteiger partial charge in [-0.3, -0.25) is 9.59 Å². The second kappa shape index (κ2) is 9.07. The summed E-state index contributed by atoms with van der Waals surface area (Å²) >= 11 is 0. The lowest BCUT2D eigenvalue weighted by molar-refractivity contribution is -0.146. The van der Waals surface area contributed by atoms with Crippen molar-refractivity contribution in [2.75, 3.05) is 14.2 Å². The van der Waals surface area contributed by atoms with Crippen molar-refractivity contribution >= 4 is 23.0 Å². The summed E-state index contributed by atoms with van der Waals surface area (Å²) in [6.45, 7) is 5.26. The molecular formula is C23H25NO7. The average molecular weight is 427 g/mol. The van der Waals surface area contributed by atoms with Crippen molar-refractivity contribution in [1.82, 2.24) is 5.32 Å². The highest BCUT2D eigenvalue weighted by molar-refractivity contribution is 5.91. The first kappa shape index (κ1) is 22.1. The molecule has 3 aromatic rings. The van der Waals surface area contributed by atoms with E-state index in [1.54, 1.807) is 52.1 Å². The Balaban J connectivity index is 2.05. The first-order valence-corrected chi connectivity index (χ1v) is 9.82. The molecule has 164 valence electrons. The van der Waals surface area contributed by atoms with Crippen molar-refractivity contribution in [3.8, 4) is 17.1 Å². The summed E-state index contributed by atoms with van der Waals surface area (Å²) in [6.07, 6.45) is -0.152. The van der Waals surface area contributed by atoms with Crippen LogP contribution in [0.4, 0.5) is 0 Å². The van der Waals surface area contributed by atoms with Crippen LogP contribution in [0.2, 0.25) is 0 Å². The minimum atomic E-state index is -0.797. The Hall–Kier alpha value is -3.55. The fourth-order valence-electron chi connectivity index (χ4n) is 3.31. The molecule has 1 atom stereocenters.